The number of halogens is 2. The van der Waals surface area contributed by atoms with Gasteiger partial charge in [0.2, 0.25) is 0 Å². The fourth-order valence-corrected chi connectivity index (χ4v) is 2.26. The molecule has 1 heterocycles. The van der Waals surface area contributed by atoms with E-state index in [0.717, 1.165) is 11.1 Å². The molecule has 2 aromatic carbocycles. The third-order valence-electron chi connectivity index (χ3n) is 3.35. The topological polar surface area (TPSA) is 57.8 Å². The third-order valence-corrected chi connectivity index (χ3v) is 3.64. The van der Waals surface area contributed by atoms with Gasteiger partial charge in [-0.3, -0.25) is 9.89 Å². The van der Waals surface area contributed by atoms with Crippen LogP contribution in [0.15, 0.2) is 48.5 Å². The smallest absolute Gasteiger partial charge is 0.273 e. The lowest BCUT2D eigenvalue weighted by Crippen LogP contribution is -2.12. The van der Waals surface area contributed by atoms with Crippen molar-refractivity contribution < 1.29 is 9.18 Å². The number of benzene rings is 2. The number of H-pyrrole nitrogens is 1. The van der Waals surface area contributed by atoms with Crippen molar-refractivity contribution in [2.75, 3.05) is 5.32 Å². The van der Waals surface area contributed by atoms with E-state index in [9.17, 15) is 9.18 Å². The molecular weight excluding hydrogens is 317 g/mol. The Morgan fingerprint density at radius 3 is 2.61 bits per heavy atom. The highest BCUT2D eigenvalue weighted by atomic mass is 35.5. The quantitative estimate of drug-likeness (QED) is 0.746. The molecule has 3 rings (SSSR count). The summed E-state index contributed by atoms with van der Waals surface area (Å²) in [6.07, 6.45) is 0. The maximum Gasteiger partial charge on any atom is 0.273 e. The first-order valence-corrected chi connectivity index (χ1v) is 7.29. The number of carbonyl (C=O) groups is 1. The summed E-state index contributed by atoms with van der Waals surface area (Å²) >= 11 is 5.69. The summed E-state index contributed by atoms with van der Waals surface area (Å²) in [6.45, 7) is 2.00. The monoisotopic (exact) mass is 329 g/mol. The predicted molar refractivity (Wildman–Crippen MR) is 88.1 cm³/mol. The Kier molecular flexibility index (Phi) is 4.12. The fourth-order valence-electron chi connectivity index (χ4n) is 2.08. The van der Waals surface area contributed by atoms with Gasteiger partial charge in [-0.2, -0.15) is 5.10 Å². The molecular formula is C17H13ClFN3O. The number of hydrogen-bond acceptors (Lipinski definition) is 2. The molecule has 1 aromatic heterocycles. The molecule has 0 aliphatic heterocycles. The standard InChI is InChI=1S/C17H13ClFN3O/c1-10-2-4-11(5-3-10)15-9-16(22-21-15)17(23)20-12-6-7-14(19)13(18)8-12/h2-9H,1H3,(H,20,23)(H,21,22). The van der Waals surface area contributed by atoms with Crippen molar-refractivity contribution in [3.05, 3.63) is 70.6 Å². The maximum absolute atomic E-state index is 13.1. The largest absolute Gasteiger partial charge is 0.321 e. The number of nitrogens with zero attached hydrogens (tertiary/aromatic N) is 1. The summed E-state index contributed by atoms with van der Waals surface area (Å²) < 4.78 is 13.1. The molecule has 0 bridgehead atoms. The minimum atomic E-state index is -0.534. The van der Waals surface area contributed by atoms with Crippen LogP contribution < -0.4 is 5.32 Å². The van der Waals surface area contributed by atoms with Gasteiger partial charge in [0.15, 0.2) is 0 Å². The lowest BCUT2D eigenvalue weighted by atomic mass is 10.1. The van der Waals surface area contributed by atoms with Gasteiger partial charge < -0.3 is 5.32 Å². The Labute approximate surface area is 137 Å². The van der Waals surface area contributed by atoms with Crippen LogP contribution in [0.3, 0.4) is 0 Å². The van der Waals surface area contributed by atoms with Gasteiger partial charge in [-0.05, 0) is 31.2 Å². The Morgan fingerprint density at radius 2 is 1.91 bits per heavy atom. The van der Waals surface area contributed by atoms with Gasteiger partial charge in [-0.1, -0.05) is 41.4 Å². The second-order valence-electron chi connectivity index (χ2n) is 5.12. The Hall–Kier alpha value is -2.66. The molecule has 116 valence electrons. The van der Waals surface area contributed by atoms with Crippen molar-refractivity contribution in [3.63, 3.8) is 0 Å². The Morgan fingerprint density at radius 1 is 1.17 bits per heavy atom. The van der Waals surface area contributed by atoms with Gasteiger partial charge in [-0.15, -0.1) is 0 Å². The van der Waals surface area contributed by atoms with E-state index in [0.29, 0.717) is 17.1 Å². The SMILES string of the molecule is Cc1ccc(-c2cc(C(=O)Nc3ccc(F)c(Cl)c3)[nH]n2)cc1. The van der Waals surface area contributed by atoms with Gasteiger partial charge >= 0.3 is 0 Å². The summed E-state index contributed by atoms with van der Waals surface area (Å²) in [5.41, 5.74) is 3.45. The summed E-state index contributed by atoms with van der Waals surface area (Å²) in [4.78, 5) is 12.2. The normalized spacial score (nSPS) is 10.6. The Bertz CT molecular complexity index is 859. The first-order chi connectivity index (χ1) is 11.0. The third kappa shape index (κ3) is 3.40. The molecule has 2 N–H and O–H groups in total. The van der Waals surface area contributed by atoms with Crippen LogP contribution in [0.1, 0.15) is 16.1 Å². The van der Waals surface area contributed by atoms with Crippen molar-refractivity contribution in [2.24, 2.45) is 0 Å². The van der Waals surface area contributed by atoms with Crippen molar-refractivity contribution in [1.29, 1.82) is 0 Å². The number of aromatic amines is 1. The summed E-state index contributed by atoms with van der Waals surface area (Å²) in [5, 5.41) is 9.42. The molecule has 0 unspecified atom stereocenters. The van der Waals surface area contributed by atoms with Gasteiger partial charge in [0.05, 0.1) is 10.7 Å². The highest BCUT2D eigenvalue weighted by Gasteiger charge is 2.12. The summed E-state index contributed by atoms with van der Waals surface area (Å²) in [6, 6.07) is 13.5. The van der Waals surface area contributed by atoms with E-state index in [-0.39, 0.29) is 10.9 Å². The minimum Gasteiger partial charge on any atom is -0.321 e. The van der Waals surface area contributed by atoms with Crippen molar-refractivity contribution in [2.45, 2.75) is 6.92 Å². The predicted octanol–water partition coefficient (Wildman–Crippen LogP) is 4.43. The van der Waals surface area contributed by atoms with Gasteiger partial charge in [0.25, 0.3) is 5.91 Å². The molecule has 0 aliphatic carbocycles. The number of rotatable bonds is 3. The molecule has 23 heavy (non-hydrogen) atoms. The minimum absolute atomic E-state index is 0.0484. The second-order valence-corrected chi connectivity index (χ2v) is 5.52. The lowest BCUT2D eigenvalue weighted by Gasteiger charge is -2.04. The van der Waals surface area contributed by atoms with Crippen LogP contribution in [0.25, 0.3) is 11.3 Å². The molecule has 0 fully saturated rings. The van der Waals surface area contributed by atoms with E-state index < -0.39 is 5.82 Å². The van der Waals surface area contributed by atoms with Gasteiger partial charge in [-0.25, -0.2) is 4.39 Å². The molecule has 1 amide bonds. The van der Waals surface area contributed by atoms with E-state index >= 15 is 0 Å². The fraction of sp³-hybridized carbons (Fsp3) is 0.0588. The van der Waals surface area contributed by atoms with Crippen LogP contribution in [0.5, 0.6) is 0 Å². The van der Waals surface area contributed by atoms with Gasteiger partial charge in [0, 0.05) is 11.3 Å². The Balaban J connectivity index is 1.78. The molecule has 0 saturated carbocycles. The first-order valence-electron chi connectivity index (χ1n) is 6.92. The zero-order chi connectivity index (χ0) is 16.4. The molecule has 0 radical (unpaired) electrons. The van der Waals surface area contributed by atoms with Crippen LogP contribution in [0, 0.1) is 12.7 Å². The number of hydrogen-bond donors (Lipinski definition) is 2. The molecule has 4 nitrogen and oxygen atoms in total. The number of aryl methyl sites for hydroxylation is 1. The lowest BCUT2D eigenvalue weighted by molar-refractivity contribution is 0.102. The molecule has 0 saturated heterocycles. The van der Waals surface area contributed by atoms with E-state index in [4.69, 9.17) is 11.6 Å². The van der Waals surface area contributed by atoms with Crippen LogP contribution in [0.2, 0.25) is 5.02 Å². The zero-order valence-corrected chi connectivity index (χ0v) is 13.0. The van der Waals surface area contributed by atoms with Crippen LogP contribution in [-0.4, -0.2) is 16.1 Å². The molecule has 0 spiro atoms. The van der Waals surface area contributed by atoms with Crippen LogP contribution in [-0.2, 0) is 0 Å². The number of carbonyl (C=O) groups excluding carboxylic acids is 1. The summed E-state index contributed by atoms with van der Waals surface area (Å²) in [5.74, 6) is -0.911. The van der Waals surface area contributed by atoms with Crippen molar-refractivity contribution >= 4 is 23.2 Å². The van der Waals surface area contributed by atoms with Crippen LogP contribution >= 0.6 is 11.6 Å². The zero-order valence-electron chi connectivity index (χ0n) is 12.2. The average molecular weight is 330 g/mol. The van der Waals surface area contributed by atoms with E-state index in [1.807, 2.05) is 31.2 Å². The number of aromatic nitrogens is 2. The van der Waals surface area contributed by atoms with Crippen molar-refractivity contribution in [1.82, 2.24) is 10.2 Å². The highest BCUT2D eigenvalue weighted by molar-refractivity contribution is 6.31. The average Bonchev–Trinajstić information content (AvgIpc) is 3.02. The highest BCUT2D eigenvalue weighted by Crippen LogP contribution is 2.21. The molecule has 0 atom stereocenters. The van der Waals surface area contributed by atoms with Crippen LogP contribution in [0.4, 0.5) is 10.1 Å². The van der Waals surface area contributed by atoms with E-state index in [1.54, 1.807) is 6.07 Å². The number of nitrogens with one attached hydrogen (secondary N) is 2. The molecule has 0 aliphatic rings. The summed E-state index contributed by atoms with van der Waals surface area (Å²) in [7, 11) is 0. The number of anilines is 1. The first kappa shape index (κ1) is 15.2. The van der Waals surface area contributed by atoms with E-state index in [2.05, 4.69) is 15.5 Å². The second kappa shape index (κ2) is 6.22. The maximum atomic E-state index is 13.1. The van der Waals surface area contributed by atoms with E-state index in [1.165, 1.54) is 18.2 Å². The molecule has 6 heteroatoms. The number of amides is 1. The molecule has 3 aromatic rings. The van der Waals surface area contributed by atoms with Crippen molar-refractivity contribution in [3.8, 4) is 11.3 Å². The van der Waals surface area contributed by atoms with Gasteiger partial charge in [0.1, 0.15) is 11.5 Å².